The summed E-state index contributed by atoms with van der Waals surface area (Å²) in [4.78, 5) is 20.2. The summed E-state index contributed by atoms with van der Waals surface area (Å²) in [6.45, 7) is 6.54. The zero-order valence-corrected chi connectivity index (χ0v) is 20.1. The number of rotatable bonds is 4. The predicted octanol–water partition coefficient (Wildman–Crippen LogP) is 2.61. The molecule has 3 heterocycles. The van der Waals surface area contributed by atoms with Gasteiger partial charge in [-0.3, -0.25) is 9.79 Å². The number of hydrogen-bond acceptors (Lipinski definition) is 8. The lowest BCUT2D eigenvalue weighted by Gasteiger charge is -2.31. The highest BCUT2D eigenvalue weighted by molar-refractivity contribution is 7.91. The maximum absolute atomic E-state index is 13.5. The molecule has 0 spiro atoms. The first-order valence-corrected chi connectivity index (χ1v) is 12.5. The fourth-order valence-corrected chi connectivity index (χ4v) is 6.60. The first-order valence-electron chi connectivity index (χ1n) is 11.0. The summed E-state index contributed by atoms with van der Waals surface area (Å²) < 4.78 is 33.0. The largest absolute Gasteiger partial charge is 0.480 e. The molecule has 2 aliphatic rings. The molecular formula is C23H29N5O4S. The summed E-state index contributed by atoms with van der Waals surface area (Å²) >= 11 is 0. The van der Waals surface area contributed by atoms with E-state index in [0.29, 0.717) is 37.4 Å². The molecule has 1 atom stereocenters. The Bertz CT molecular complexity index is 1140. The molecule has 1 amide bonds. The van der Waals surface area contributed by atoms with Gasteiger partial charge in [-0.15, -0.1) is 10.2 Å². The first-order chi connectivity index (χ1) is 15.6. The molecule has 2 fully saturated rings. The number of piperidine rings is 1. The number of aromatic nitrogens is 2. The van der Waals surface area contributed by atoms with Crippen molar-refractivity contribution >= 4 is 27.5 Å². The third-order valence-corrected chi connectivity index (χ3v) is 8.17. The zero-order valence-electron chi connectivity index (χ0n) is 19.3. The summed E-state index contributed by atoms with van der Waals surface area (Å²) in [7, 11) is -2.39. The van der Waals surface area contributed by atoms with Gasteiger partial charge in [0.2, 0.25) is 5.88 Å². The number of anilines is 1. The number of methoxy groups -OCH3 is 1. The van der Waals surface area contributed by atoms with Crippen molar-refractivity contribution in [3.05, 3.63) is 48.0 Å². The number of carbonyl (C=O) groups is 1. The van der Waals surface area contributed by atoms with Crippen LogP contribution in [0.15, 0.2) is 47.5 Å². The van der Waals surface area contributed by atoms with Gasteiger partial charge in [0.05, 0.1) is 18.7 Å². The van der Waals surface area contributed by atoms with Gasteiger partial charge in [0, 0.05) is 19.2 Å². The third kappa shape index (κ3) is 4.44. The second-order valence-electron chi connectivity index (χ2n) is 9.24. The molecule has 0 saturated carbocycles. The Morgan fingerprint density at radius 2 is 1.70 bits per heavy atom. The summed E-state index contributed by atoms with van der Waals surface area (Å²) in [5, 5.41) is 7.13. The van der Waals surface area contributed by atoms with E-state index in [-0.39, 0.29) is 11.8 Å². The SMILES string of the molecule is COc1ccc(N2CCC(N=C3C(=O)N(C(C)(C)C)S(=O)(=O)C3c3ccccc3)CC2)nn1. The van der Waals surface area contributed by atoms with E-state index in [9.17, 15) is 13.2 Å². The van der Waals surface area contributed by atoms with Crippen molar-refractivity contribution in [2.75, 3.05) is 25.1 Å². The Kier molecular flexibility index (Phi) is 6.13. The molecule has 0 N–H and O–H groups in total. The fourth-order valence-electron chi connectivity index (χ4n) is 4.36. The maximum atomic E-state index is 13.5. The molecule has 0 bridgehead atoms. The van der Waals surface area contributed by atoms with Crippen molar-refractivity contribution in [1.82, 2.24) is 14.5 Å². The summed E-state index contributed by atoms with van der Waals surface area (Å²) in [5.41, 5.74) is -0.211. The minimum Gasteiger partial charge on any atom is -0.480 e. The van der Waals surface area contributed by atoms with Crippen LogP contribution in [0.2, 0.25) is 0 Å². The van der Waals surface area contributed by atoms with Gasteiger partial charge < -0.3 is 9.64 Å². The van der Waals surface area contributed by atoms with E-state index in [1.54, 1.807) is 58.2 Å². The predicted molar refractivity (Wildman–Crippen MR) is 126 cm³/mol. The Balaban J connectivity index is 1.60. The van der Waals surface area contributed by atoms with Crippen LogP contribution in [-0.4, -0.2) is 66.3 Å². The molecule has 9 nitrogen and oxygen atoms in total. The average molecular weight is 472 g/mol. The number of benzene rings is 1. The lowest BCUT2D eigenvalue weighted by Crippen LogP contribution is -2.45. The van der Waals surface area contributed by atoms with Gasteiger partial charge in [-0.1, -0.05) is 30.3 Å². The Labute approximate surface area is 194 Å². The molecule has 10 heteroatoms. The normalized spacial score (nSPS) is 22.7. The van der Waals surface area contributed by atoms with Crippen LogP contribution in [0.5, 0.6) is 5.88 Å². The molecule has 0 aliphatic carbocycles. The fraction of sp³-hybridized carbons (Fsp3) is 0.478. The average Bonchev–Trinajstić information content (AvgIpc) is 2.99. The Hall–Kier alpha value is -3.01. The van der Waals surface area contributed by atoms with E-state index in [1.807, 2.05) is 12.1 Å². The third-order valence-electron chi connectivity index (χ3n) is 5.86. The maximum Gasteiger partial charge on any atom is 0.283 e. The first kappa shape index (κ1) is 23.2. The highest BCUT2D eigenvalue weighted by Crippen LogP contribution is 2.39. The van der Waals surface area contributed by atoms with Crippen molar-refractivity contribution in [2.24, 2.45) is 4.99 Å². The quantitative estimate of drug-likeness (QED) is 0.675. The number of aliphatic imine (C=N–C) groups is 1. The molecule has 33 heavy (non-hydrogen) atoms. The van der Waals surface area contributed by atoms with Crippen LogP contribution < -0.4 is 9.64 Å². The molecule has 1 aromatic carbocycles. The number of hydrogen-bond donors (Lipinski definition) is 0. The van der Waals surface area contributed by atoms with E-state index in [1.165, 1.54) is 0 Å². The minimum atomic E-state index is -3.94. The lowest BCUT2D eigenvalue weighted by atomic mass is 10.0. The summed E-state index contributed by atoms with van der Waals surface area (Å²) in [6.07, 6.45) is 1.36. The second kappa shape index (κ2) is 8.74. The molecule has 2 aliphatic heterocycles. The van der Waals surface area contributed by atoms with E-state index >= 15 is 0 Å². The number of ether oxygens (including phenoxy) is 1. The topological polar surface area (TPSA) is 105 Å². The van der Waals surface area contributed by atoms with E-state index < -0.39 is 26.7 Å². The van der Waals surface area contributed by atoms with Gasteiger partial charge in [0.25, 0.3) is 15.9 Å². The van der Waals surface area contributed by atoms with Crippen LogP contribution in [-0.2, 0) is 14.8 Å². The molecule has 1 aromatic heterocycles. The van der Waals surface area contributed by atoms with Crippen LogP contribution >= 0.6 is 0 Å². The van der Waals surface area contributed by atoms with Crippen LogP contribution in [0, 0.1) is 0 Å². The second-order valence-corrected chi connectivity index (χ2v) is 11.1. The van der Waals surface area contributed by atoms with Crippen molar-refractivity contribution in [3.8, 4) is 5.88 Å². The van der Waals surface area contributed by atoms with Crippen LogP contribution in [0.1, 0.15) is 44.4 Å². The smallest absolute Gasteiger partial charge is 0.283 e. The van der Waals surface area contributed by atoms with Crippen molar-refractivity contribution < 1.29 is 17.9 Å². The molecule has 1 unspecified atom stereocenters. The molecule has 4 rings (SSSR count). The van der Waals surface area contributed by atoms with Crippen molar-refractivity contribution in [2.45, 2.75) is 50.4 Å². The molecule has 176 valence electrons. The highest BCUT2D eigenvalue weighted by Gasteiger charge is 2.54. The van der Waals surface area contributed by atoms with Crippen molar-refractivity contribution in [1.29, 1.82) is 0 Å². The van der Waals surface area contributed by atoms with Gasteiger partial charge >= 0.3 is 0 Å². The van der Waals surface area contributed by atoms with Gasteiger partial charge in [0.1, 0.15) is 5.71 Å². The highest BCUT2D eigenvalue weighted by atomic mass is 32.2. The van der Waals surface area contributed by atoms with Crippen LogP contribution in [0.3, 0.4) is 0 Å². The van der Waals surface area contributed by atoms with Crippen LogP contribution in [0.25, 0.3) is 0 Å². The van der Waals surface area contributed by atoms with E-state index in [2.05, 4.69) is 15.1 Å². The van der Waals surface area contributed by atoms with Gasteiger partial charge in [-0.2, -0.15) is 0 Å². The monoisotopic (exact) mass is 471 g/mol. The minimum absolute atomic E-state index is 0.110. The standard InChI is InChI=1S/C23H29N5O4S/c1-23(2,3)28-22(29)20(21(33(28,30)31)16-8-6-5-7-9-16)24-17-12-14-27(15-13-17)18-10-11-19(32-4)26-25-18/h5-11,17,21H,12-15H2,1-4H3. The zero-order chi connectivity index (χ0) is 23.8. The van der Waals surface area contributed by atoms with E-state index in [0.717, 1.165) is 10.1 Å². The van der Waals surface area contributed by atoms with Gasteiger partial charge in [-0.25, -0.2) is 12.7 Å². The van der Waals surface area contributed by atoms with Gasteiger partial charge in [0.15, 0.2) is 11.1 Å². The number of nitrogens with zero attached hydrogens (tertiary/aromatic N) is 5. The molecule has 2 saturated heterocycles. The Morgan fingerprint density at radius 3 is 2.24 bits per heavy atom. The van der Waals surface area contributed by atoms with Gasteiger partial charge in [-0.05, 0) is 45.2 Å². The molecular weight excluding hydrogens is 442 g/mol. The summed E-state index contributed by atoms with van der Waals surface area (Å²) in [5.74, 6) is 0.679. The molecule has 0 radical (unpaired) electrons. The lowest BCUT2D eigenvalue weighted by molar-refractivity contribution is -0.122. The van der Waals surface area contributed by atoms with Crippen molar-refractivity contribution in [3.63, 3.8) is 0 Å². The summed E-state index contributed by atoms with van der Waals surface area (Å²) in [6, 6.07) is 12.3. The Morgan fingerprint density at radius 1 is 1.03 bits per heavy atom. The number of sulfonamides is 1. The number of carbonyl (C=O) groups excluding carboxylic acids is 1. The van der Waals surface area contributed by atoms with Crippen LogP contribution in [0.4, 0.5) is 5.82 Å². The number of amides is 1. The molecule has 2 aromatic rings. The van der Waals surface area contributed by atoms with E-state index in [4.69, 9.17) is 9.73 Å².